The van der Waals surface area contributed by atoms with Gasteiger partial charge < -0.3 is 5.32 Å². The van der Waals surface area contributed by atoms with Gasteiger partial charge in [0.1, 0.15) is 0 Å². The molecular weight excluding hydrogens is 258 g/mol. The number of likely N-dealkylation sites (tertiary alicyclic amines) is 1. The van der Waals surface area contributed by atoms with E-state index < -0.39 is 0 Å². The van der Waals surface area contributed by atoms with E-state index in [1.165, 1.54) is 42.5 Å². The van der Waals surface area contributed by atoms with Gasteiger partial charge >= 0.3 is 0 Å². The normalized spacial score (nSPS) is 29.1. The smallest absolute Gasteiger partial charge is 0.0746 e. The van der Waals surface area contributed by atoms with Crippen LogP contribution in [0.25, 0.3) is 10.9 Å². The van der Waals surface area contributed by atoms with Crippen molar-refractivity contribution in [2.75, 3.05) is 19.6 Å². The minimum atomic E-state index is 0.726. The van der Waals surface area contributed by atoms with E-state index in [2.05, 4.69) is 46.4 Å². The summed E-state index contributed by atoms with van der Waals surface area (Å²) in [5, 5.41) is 4.82. The number of nitrogens with zero attached hydrogens (tertiary/aromatic N) is 2. The van der Waals surface area contributed by atoms with Gasteiger partial charge in [0.05, 0.1) is 5.52 Å². The van der Waals surface area contributed by atoms with Crippen molar-refractivity contribution in [3.63, 3.8) is 0 Å². The van der Waals surface area contributed by atoms with Crippen LogP contribution in [0, 0.1) is 11.8 Å². The van der Waals surface area contributed by atoms with Gasteiger partial charge in [0.2, 0.25) is 0 Å². The van der Waals surface area contributed by atoms with Crippen molar-refractivity contribution >= 4 is 10.9 Å². The highest BCUT2D eigenvalue weighted by Gasteiger charge is 2.42. The monoisotopic (exact) mass is 281 g/mol. The van der Waals surface area contributed by atoms with Gasteiger partial charge in [0.15, 0.2) is 0 Å². The highest BCUT2D eigenvalue weighted by Crippen LogP contribution is 2.35. The molecule has 21 heavy (non-hydrogen) atoms. The molecule has 3 nitrogen and oxygen atoms in total. The van der Waals surface area contributed by atoms with Crippen molar-refractivity contribution in [3.05, 3.63) is 42.1 Å². The van der Waals surface area contributed by atoms with Gasteiger partial charge in [0.25, 0.3) is 0 Å². The van der Waals surface area contributed by atoms with Crippen molar-refractivity contribution in [2.45, 2.75) is 25.9 Å². The molecule has 4 rings (SSSR count). The maximum Gasteiger partial charge on any atom is 0.0746 e. The van der Waals surface area contributed by atoms with Gasteiger partial charge in [-0.3, -0.25) is 9.88 Å². The Morgan fingerprint density at radius 3 is 3.05 bits per heavy atom. The maximum atomic E-state index is 4.61. The molecule has 0 saturated carbocycles. The molecule has 3 heteroatoms. The average molecular weight is 281 g/mol. The first-order valence-corrected chi connectivity index (χ1v) is 8.14. The van der Waals surface area contributed by atoms with Gasteiger partial charge in [-0.2, -0.15) is 0 Å². The molecule has 3 heterocycles. The van der Waals surface area contributed by atoms with Crippen molar-refractivity contribution in [1.29, 1.82) is 0 Å². The second-order valence-electron chi connectivity index (χ2n) is 6.48. The van der Waals surface area contributed by atoms with E-state index in [9.17, 15) is 0 Å². The number of para-hydroxylation sites is 1. The molecule has 2 aliphatic heterocycles. The van der Waals surface area contributed by atoms with Crippen molar-refractivity contribution in [1.82, 2.24) is 15.2 Å². The molecule has 1 N–H and O–H groups in total. The van der Waals surface area contributed by atoms with Crippen molar-refractivity contribution < 1.29 is 0 Å². The highest BCUT2D eigenvalue weighted by molar-refractivity contribution is 5.81. The Balaban J connectivity index is 1.63. The summed E-state index contributed by atoms with van der Waals surface area (Å²) >= 11 is 0. The van der Waals surface area contributed by atoms with E-state index in [1.807, 2.05) is 12.3 Å². The number of aromatic nitrogens is 1. The fourth-order valence-electron chi connectivity index (χ4n) is 4.37. The molecule has 110 valence electrons. The molecular formula is C18H23N3. The van der Waals surface area contributed by atoms with Crippen molar-refractivity contribution in [3.8, 4) is 0 Å². The standard InChI is InChI=1S/C18H23N3/c1-2-17-16-10-19-9-15(16)12-21(17)11-14-6-3-5-13-7-4-8-20-18(13)14/h3-8,15-17,19H,2,9-12H2,1H3. The van der Waals surface area contributed by atoms with Crippen LogP contribution in [0.3, 0.4) is 0 Å². The lowest BCUT2D eigenvalue weighted by Gasteiger charge is -2.27. The van der Waals surface area contributed by atoms with Crippen LogP contribution >= 0.6 is 0 Å². The van der Waals surface area contributed by atoms with Crippen LogP contribution in [-0.2, 0) is 6.54 Å². The number of pyridine rings is 1. The van der Waals surface area contributed by atoms with Crippen LogP contribution in [0.15, 0.2) is 36.5 Å². The van der Waals surface area contributed by atoms with Crippen LogP contribution in [0.5, 0.6) is 0 Å². The third-order valence-electron chi connectivity index (χ3n) is 5.33. The van der Waals surface area contributed by atoms with E-state index in [0.29, 0.717) is 0 Å². The fourth-order valence-corrected chi connectivity index (χ4v) is 4.37. The van der Waals surface area contributed by atoms with E-state index >= 15 is 0 Å². The molecule has 0 aliphatic carbocycles. The predicted molar refractivity (Wildman–Crippen MR) is 86.1 cm³/mol. The summed E-state index contributed by atoms with van der Waals surface area (Å²) in [6.45, 7) is 7.01. The Kier molecular flexibility index (Phi) is 3.40. The molecule has 3 unspecified atom stereocenters. The Morgan fingerprint density at radius 2 is 2.14 bits per heavy atom. The fraction of sp³-hybridized carbons (Fsp3) is 0.500. The quantitative estimate of drug-likeness (QED) is 0.937. The van der Waals surface area contributed by atoms with Crippen LogP contribution < -0.4 is 5.32 Å². The summed E-state index contributed by atoms with van der Waals surface area (Å²) in [5.41, 5.74) is 2.55. The molecule has 2 fully saturated rings. The van der Waals surface area contributed by atoms with E-state index in [-0.39, 0.29) is 0 Å². The van der Waals surface area contributed by atoms with Crippen LogP contribution in [-0.4, -0.2) is 35.6 Å². The summed E-state index contributed by atoms with van der Waals surface area (Å²) in [6.07, 6.45) is 3.16. The summed E-state index contributed by atoms with van der Waals surface area (Å²) in [7, 11) is 0. The predicted octanol–water partition coefficient (Wildman–Crippen LogP) is 2.66. The molecule has 1 aromatic carbocycles. The molecule has 1 aromatic heterocycles. The Bertz CT molecular complexity index is 634. The van der Waals surface area contributed by atoms with Crippen LogP contribution in [0.1, 0.15) is 18.9 Å². The molecule has 2 saturated heterocycles. The van der Waals surface area contributed by atoms with Gasteiger partial charge in [-0.15, -0.1) is 0 Å². The number of hydrogen-bond acceptors (Lipinski definition) is 3. The third kappa shape index (κ3) is 2.25. The molecule has 0 bridgehead atoms. The lowest BCUT2D eigenvalue weighted by molar-refractivity contribution is 0.211. The zero-order valence-corrected chi connectivity index (χ0v) is 12.6. The van der Waals surface area contributed by atoms with E-state index in [4.69, 9.17) is 0 Å². The minimum Gasteiger partial charge on any atom is -0.316 e. The van der Waals surface area contributed by atoms with Gasteiger partial charge in [-0.25, -0.2) is 0 Å². The summed E-state index contributed by atoms with van der Waals surface area (Å²) in [4.78, 5) is 7.30. The molecule has 3 atom stereocenters. The second-order valence-corrected chi connectivity index (χ2v) is 6.48. The molecule has 0 spiro atoms. The third-order valence-corrected chi connectivity index (χ3v) is 5.33. The van der Waals surface area contributed by atoms with Crippen LogP contribution in [0.2, 0.25) is 0 Å². The Hall–Kier alpha value is -1.45. The first-order valence-electron chi connectivity index (χ1n) is 8.14. The SMILES string of the molecule is CCC1C2CNCC2CN1Cc1cccc2cccnc12. The number of nitrogens with one attached hydrogen (secondary N) is 1. The number of rotatable bonds is 3. The first-order chi connectivity index (χ1) is 10.4. The molecule has 0 amide bonds. The van der Waals surface area contributed by atoms with E-state index in [0.717, 1.165) is 24.4 Å². The minimum absolute atomic E-state index is 0.726. The molecule has 0 radical (unpaired) electrons. The topological polar surface area (TPSA) is 28.2 Å². The lowest BCUT2D eigenvalue weighted by atomic mass is 9.93. The number of benzene rings is 1. The van der Waals surface area contributed by atoms with Crippen LogP contribution in [0.4, 0.5) is 0 Å². The van der Waals surface area contributed by atoms with E-state index in [1.54, 1.807) is 0 Å². The highest BCUT2D eigenvalue weighted by atomic mass is 15.2. The zero-order chi connectivity index (χ0) is 14.2. The van der Waals surface area contributed by atoms with Gasteiger partial charge in [0, 0.05) is 30.7 Å². The summed E-state index contributed by atoms with van der Waals surface area (Å²) in [6, 6.07) is 11.5. The molecule has 2 aromatic rings. The second kappa shape index (κ2) is 5.39. The first kappa shape index (κ1) is 13.2. The molecule has 2 aliphatic rings. The summed E-state index contributed by atoms with van der Waals surface area (Å²) < 4.78 is 0. The maximum absolute atomic E-state index is 4.61. The van der Waals surface area contributed by atoms with Gasteiger partial charge in [-0.1, -0.05) is 31.2 Å². The Labute approximate surface area is 126 Å². The number of fused-ring (bicyclic) bond motifs is 2. The van der Waals surface area contributed by atoms with Gasteiger partial charge in [-0.05, 0) is 43.0 Å². The Morgan fingerprint density at radius 1 is 1.24 bits per heavy atom. The number of hydrogen-bond donors (Lipinski definition) is 1. The lowest BCUT2D eigenvalue weighted by Crippen LogP contribution is -2.34. The zero-order valence-electron chi connectivity index (χ0n) is 12.6. The average Bonchev–Trinajstić information content (AvgIpc) is 3.08. The largest absolute Gasteiger partial charge is 0.316 e. The van der Waals surface area contributed by atoms with Crippen molar-refractivity contribution in [2.24, 2.45) is 11.8 Å². The summed E-state index contributed by atoms with van der Waals surface area (Å²) in [5.74, 6) is 1.69.